The zero-order valence-corrected chi connectivity index (χ0v) is 37.1. The predicted octanol–water partition coefficient (Wildman–Crippen LogP) is 17.3. The highest BCUT2D eigenvalue weighted by Gasteiger charge is 2.47. The number of nitrogens with zero attached hydrogens (tertiary/aromatic N) is 1. The normalized spacial score (nSPS) is 14.1. The quantitative estimate of drug-likeness (QED) is 0.167. The molecule has 0 radical (unpaired) electrons. The van der Waals surface area contributed by atoms with Gasteiger partial charge in [-0.05, 0) is 98.1 Å². The zero-order valence-electron chi connectivity index (χ0n) is 37.1. The van der Waals surface area contributed by atoms with Crippen molar-refractivity contribution in [3.8, 4) is 33.4 Å². The van der Waals surface area contributed by atoms with E-state index in [4.69, 9.17) is 8.83 Å². The molecule has 0 saturated heterocycles. The summed E-state index contributed by atoms with van der Waals surface area (Å²) in [5.74, 6) is 0. The lowest BCUT2D eigenvalue weighted by Crippen LogP contribution is -2.28. The summed E-state index contributed by atoms with van der Waals surface area (Å²) >= 11 is 0. The molecule has 0 bridgehead atoms. The first-order valence-electron chi connectivity index (χ1n) is 23.2. The molecule has 67 heavy (non-hydrogen) atoms. The fourth-order valence-electron chi connectivity index (χ4n) is 12.0. The minimum absolute atomic E-state index is 0.200. The summed E-state index contributed by atoms with van der Waals surface area (Å²) in [6, 6.07) is 81.9. The van der Waals surface area contributed by atoms with Gasteiger partial charge < -0.3 is 13.7 Å². The van der Waals surface area contributed by atoms with Crippen LogP contribution in [0.1, 0.15) is 47.2 Å². The van der Waals surface area contributed by atoms with Crippen molar-refractivity contribution in [1.29, 1.82) is 0 Å². The Labute approximate surface area is 388 Å². The van der Waals surface area contributed by atoms with Crippen LogP contribution in [0.15, 0.2) is 233 Å². The van der Waals surface area contributed by atoms with Crippen LogP contribution in [0.4, 0.5) is 17.1 Å². The van der Waals surface area contributed by atoms with Gasteiger partial charge in [-0.2, -0.15) is 0 Å². The van der Waals surface area contributed by atoms with Crippen LogP contribution in [0, 0.1) is 0 Å². The molecule has 10 aromatic carbocycles. The molecule has 0 saturated carbocycles. The van der Waals surface area contributed by atoms with Crippen LogP contribution in [-0.4, -0.2) is 0 Å². The molecule has 3 heteroatoms. The zero-order chi connectivity index (χ0) is 44.4. The largest absolute Gasteiger partial charge is 0.456 e. The second kappa shape index (κ2) is 14.1. The summed E-state index contributed by atoms with van der Waals surface area (Å²) < 4.78 is 13.8. The summed E-state index contributed by atoms with van der Waals surface area (Å²) in [7, 11) is 0. The van der Waals surface area contributed by atoms with E-state index in [2.05, 4.69) is 243 Å². The van der Waals surface area contributed by atoms with E-state index in [0.29, 0.717) is 0 Å². The van der Waals surface area contributed by atoms with Gasteiger partial charge in [0.2, 0.25) is 0 Å². The molecular formula is C64H43NO2. The Balaban J connectivity index is 1.07. The van der Waals surface area contributed by atoms with Crippen molar-refractivity contribution in [2.75, 3.05) is 4.90 Å². The maximum Gasteiger partial charge on any atom is 0.143 e. The van der Waals surface area contributed by atoms with Crippen LogP contribution in [-0.2, 0) is 10.8 Å². The smallest absolute Gasteiger partial charge is 0.143 e. The lowest BCUT2D eigenvalue weighted by atomic mass is 9.68. The first-order valence-corrected chi connectivity index (χ1v) is 23.2. The minimum atomic E-state index is -0.558. The Hall–Kier alpha value is -8.40. The average molecular weight is 858 g/mol. The summed E-state index contributed by atoms with van der Waals surface area (Å²) in [6.45, 7) is 4.73. The van der Waals surface area contributed by atoms with Crippen LogP contribution < -0.4 is 4.90 Å². The summed E-state index contributed by atoms with van der Waals surface area (Å²) in [6.07, 6.45) is 0. The van der Waals surface area contributed by atoms with E-state index in [1.165, 1.54) is 55.6 Å². The number of hydrogen-bond donors (Lipinski definition) is 0. The third-order valence-corrected chi connectivity index (χ3v) is 14.9. The monoisotopic (exact) mass is 857 g/mol. The molecule has 2 aliphatic carbocycles. The van der Waals surface area contributed by atoms with E-state index < -0.39 is 5.41 Å². The van der Waals surface area contributed by atoms with Crippen molar-refractivity contribution < 1.29 is 8.83 Å². The molecule has 2 heterocycles. The number of fused-ring (bicyclic) bond motifs is 12. The Morgan fingerprint density at radius 2 is 0.955 bits per heavy atom. The SMILES string of the molecule is CC1(C)c2ccccc2-c2ccc(N(c3cccc4c3-c3ccccc3C4(c3ccccc3)c3ccccc3)c3cccc4oc5cc6c(cc5c34)oc3c(-c4ccccc4)cccc36)cc21. The second-order valence-electron chi connectivity index (χ2n) is 18.7. The van der Waals surface area contributed by atoms with Gasteiger partial charge in [0.25, 0.3) is 0 Å². The highest BCUT2D eigenvalue weighted by atomic mass is 16.3. The summed E-state index contributed by atoms with van der Waals surface area (Å²) in [4.78, 5) is 2.51. The molecule has 0 amide bonds. The molecule has 2 aliphatic rings. The highest BCUT2D eigenvalue weighted by molar-refractivity contribution is 6.20. The lowest BCUT2D eigenvalue weighted by molar-refractivity contribution is 0.660. The van der Waals surface area contributed by atoms with Crippen LogP contribution in [0.25, 0.3) is 77.3 Å². The van der Waals surface area contributed by atoms with E-state index in [-0.39, 0.29) is 5.41 Å². The van der Waals surface area contributed by atoms with Crippen LogP contribution in [0.3, 0.4) is 0 Å². The van der Waals surface area contributed by atoms with Crippen molar-refractivity contribution in [2.45, 2.75) is 24.7 Å². The number of para-hydroxylation sites is 1. The van der Waals surface area contributed by atoms with Gasteiger partial charge in [0.05, 0.1) is 22.2 Å². The number of anilines is 3. The Morgan fingerprint density at radius 1 is 0.373 bits per heavy atom. The fourth-order valence-corrected chi connectivity index (χ4v) is 12.0. The molecule has 14 rings (SSSR count). The minimum Gasteiger partial charge on any atom is -0.456 e. The van der Waals surface area contributed by atoms with E-state index in [0.717, 1.165) is 72.1 Å². The standard InChI is InChI=1S/C64H43NO2/c1-63(2)51-29-14-12-25-45(51)46-36-35-43(37-54(46)63)65(55-32-17-31-53-60(55)48-26-13-15-30-52(48)64(53,41-21-8-4-9-22-41)42-23-10-5-11-24-42)56-33-18-34-57-61(56)50-39-58-49(38-59(50)66-57)47-28-16-27-44(62(47)67-58)40-19-6-3-7-20-40/h3-39H,1-2H3. The Morgan fingerprint density at radius 3 is 1.73 bits per heavy atom. The van der Waals surface area contributed by atoms with E-state index >= 15 is 0 Å². The number of furan rings is 2. The molecule has 0 aliphatic heterocycles. The molecule has 12 aromatic rings. The topological polar surface area (TPSA) is 29.5 Å². The van der Waals surface area contributed by atoms with Crippen molar-refractivity contribution in [2.24, 2.45) is 0 Å². The fraction of sp³-hybridized carbons (Fsp3) is 0.0625. The van der Waals surface area contributed by atoms with Gasteiger partial charge in [0, 0.05) is 38.4 Å². The maximum absolute atomic E-state index is 6.94. The van der Waals surface area contributed by atoms with E-state index in [1.807, 2.05) is 0 Å². The van der Waals surface area contributed by atoms with E-state index in [9.17, 15) is 0 Å². The summed E-state index contributed by atoms with van der Waals surface area (Å²) in [5.41, 5.74) is 20.7. The molecule has 0 spiro atoms. The third kappa shape index (κ3) is 5.23. The Kier molecular flexibility index (Phi) is 7.95. The van der Waals surface area contributed by atoms with Gasteiger partial charge in [0.15, 0.2) is 0 Å². The van der Waals surface area contributed by atoms with Gasteiger partial charge in [-0.25, -0.2) is 0 Å². The highest BCUT2D eigenvalue weighted by Crippen LogP contribution is 2.60. The van der Waals surface area contributed by atoms with Crippen molar-refractivity contribution in [3.05, 3.63) is 258 Å². The number of benzene rings is 10. The molecule has 3 nitrogen and oxygen atoms in total. The maximum atomic E-state index is 6.94. The summed E-state index contributed by atoms with van der Waals surface area (Å²) in [5, 5.41) is 4.15. The Bertz CT molecular complexity index is 3910. The number of hydrogen-bond acceptors (Lipinski definition) is 3. The lowest BCUT2D eigenvalue weighted by Gasteiger charge is -2.34. The van der Waals surface area contributed by atoms with Gasteiger partial charge >= 0.3 is 0 Å². The van der Waals surface area contributed by atoms with Gasteiger partial charge in [0.1, 0.15) is 22.3 Å². The second-order valence-corrected chi connectivity index (χ2v) is 18.7. The third-order valence-electron chi connectivity index (χ3n) is 14.9. The molecule has 0 fully saturated rings. The molecular weight excluding hydrogens is 815 g/mol. The molecule has 0 N–H and O–H groups in total. The molecule has 316 valence electrons. The molecule has 0 unspecified atom stereocenters. The first-order chi connectivity index (χ1) is 33.0. The van der Waals surface area contributed by atoms with Crippen molar-refractivity contribution >= 4 is 60.9 Å². The van der Waals surface area contributed by atoms with E-state index in [1.54, 1.807) is 0 Å². The molecule has 2 aromatic heterocycles. The predicted molar refractivity (Wildman–Crippen MR) is 276 cm³/mol. The van der Waals surface area contributed by atoms with Gasteiger partial charge in [-0.15, -0.1) is 0 Å². The first kappa shape index (κ1) is 37.9. The number of rotatable bonds is 6. The van der Waals surface area contributed by atoms with Crippen molar-refractivity contribution in [1.82, 2.24) is 0 Å². The van der Waals surface area contributed by atoms with Crippen LogP contribution >= 0.6 is 0 Å². The van der Waals surface area contributed by atoms with Gasteiger partial charge in [-0.3, -0.25) is 0 Å². The van der Waals surface area contributed by atoms with Crippen LogP contribution in [0.5, 0.6) is 0 Å². The molecule has 0 atom stereocenters. The average Bonchev–Trinajstić information content (AvgIpc) is 4.10. The van der Waals surface area contributed by atoms with Gasteiger partial charge in [-0.1, -0.05) is 196 Å². The van der Waals surface area contributed by atoms with Crippen LogP contribution in [0.2, 0.25) is 0 Å². The van der Waals surface area contributed by atoms with Crippen molar-refractivity contribution in [3.63, 3.8) is 0 Å².